The van der Waals surface area contributed by atoms with Crippen LogP contribution in [-0.2, 0) is 14.6 Å². The van der Waals surface area contributed by atoms with E-state index in [4.69, 9.17) is 4.74 Å². The molecule has 0 radical (unpaired) electrons. The van der Waals surface area contributed by atoms with Gasteiger partial charge in [0.05, 0.1) is 15.8 Å². The van der Waals surface area contributed by atoms with Gasteiger partial charge in [-0.3, -0.25) is 4.79 Å². The van der Waals surface area contributed by atoms with Crippen LogP contribution in [0, 0.1) is 0 Å². The number of benzene rings is 2. The van der Waals surface area contributed by atoms with Gasteiger partial charge in [-0.2, -0.15) is 13.5 Å². The standard InChI is InChI=1S/C21H23NO5S.H2S/c1-21(2)20(24)19(22-12-6-9-18(22)23)16-13-15(10-11-17(16)27-21)28(25,26)14-7-4-3-5-8-14;/h3-5,7-8,10-11,13,19-20,24H,6,9,12H2,1-2H3;1H2/t19?,20-;/m0./s1. The van der Waals surface area contributed by atoms with Crippen molar-refractivity contribution in [3.05, 3.63) is 54.1 Å². The SMILES string of the molecule is CC1(C)Oc2ccc(S(=O)(=O)c3ccccc3)cc2C(N2CCCC2=O)[C@@H]1O.S. The molecule has 2 aliphatic heterocycles. The molecule has 0 bridgehead atoms. The second-order valence-corrected chi connectivity index (χ2v) is 9.75. The highest BCUT2D eigenvalue weighted by Gasteiger charge is 2.47. The first-order valence-electron chi connectivity index (χ1n) is 9.32. The van der Waals surface area contributed by atoms with Gasteiger partial charge in [-0.25, -0.2) is 8.42 Å². The van der Waals surface area contributed by atoms with E-state index >= 15 is 0 Å². The van der Waals surface area contributed by atoms with Gasteiger partial charge in [0.1, 0.15) is 17.5 Å². The number of aliphatic hydroxyl groups is 1. The third-order valence-electron chi connectivity index (χ3n) is 5.49. The molecule has 2 atom stereocenters. The van der Waals surface area contributed by atoms with Gasteiger partial charge in [-0.1, -0.05) is 18.2 Å². The maximum absolute atomic E-state index is 13.0. The Balaban J connectivity index is 0.00000240. The van der Waals surface area contributed by atoms with E-state index < -0.39 is 27.6 Å². The van der Waals surface area contributed by atoms with Crippen molar-refractivity contribution >= 4 is 29.2 Å². The molecule has 8 heteroatoms. The summed E-state index contributed by atoms with van der Waals surface area (Å²) in [5.41, 5.74) is -0.375. The van der Waals surface area contributed by atoms with Crippen LogP contribution in [0.5, 0.6) is 5.75 Å². The number of carbonyl (C=O) groups excluding carboxylic acids is 1. The highest BCUT2D eigenvalue weighted by atomic mass is 32.2. The van der Waals surface area contributed by atoms with Crippen LogP contribution in [-0.4, -0.2) is 42.6 Å². The van der Waals surface area contributed by atoms with Crippen molar-refractivity contribution in [2.75, 3.05) is 6.54 Å². The number of amides is 1. The Labute approximate surface area is 177 Å². The van der Waals surface area contributed by atoms with Crippen LogP contribution in [0.15, 0.2) is 58.3 Å². The van der Waals surface area contributed by atoms with Gasteiger partial charge in [-0.15, -0.1) is 0 Å². The molecule has 29 heavy (non-hydrogen) atoms. The Hall–Kier alpha value is -2.03. The topological polar surface area (TPSA) is 83.9 Å². The van der Waals surface area contributed by atoms with Crippen molar-refractivity contribution in [3.8, 4) is 5.75 Å². The summed E-state index contributed by atoms with van der Waals surface area (Å²) in [6.45, 7) is 4.07. The third-order valence-corrected chi connectivity index (χ3v) is 7.26. The second-order valence-electron chi connectivity index (χ2n) is 7.80. The number of hydrogen-bond donors (Lipinski definition) is 1. The Bertz CT molecular complexity index is 1020. The number of fused-ring (bicyclic) bond motifs is 1. The van der Waals surface area contributed by atoms with Gasteiger partial charge < -0.3 is 14.7 Å². The molecule has 2 aromatic rings. The van der Waals surface area contributed by atoms with E-state index in [1.165, 1.54) is 12.1 Å². The van der Waals surface area contributed by atoms with Gasteiger partial charge in [-0.05, 0) is 50.6 Å². The molecule has 0 spiro atoms. The van der Waals surface area contributed by atoms with Crippen molar-refractivity contribution < 1.29 is 23.1 Å². The summed E-state index contributed by atoms with van der Waals surface area (Å²) >= 11 is 0. The fourth-order valence-electron chi connectivity index (χ4n) is 3.95. The van der Waals surface area contributed by atoms with Crippen molar-refractivity contribution in [3.63, 3.8) is 0 Å². The van der Waals surface area contributed by atoms with Gasteiger partial charge in [0.25, 0.3) is 0 Å². The number of nitrogens with zero attached hydrogens (tertiary/aromatic N) is 1. The molecule has 0 saturated carbocycles. The zero-order chi connectivity index (χ0) is 20.1. The van der Waals surface area contributed by atoms with Crippen molar-refractivity contribution in [2.45, 2.75) is 54.2 Å². The molecule has 4 rings (SSSR count). The first-order valence-corrected chi connectivity index (χ1v) is 10.8. The van der Waals surface area contributed by atoms with Crippen LogP contribution >= 0.6 is 13.5 Å². The average Bonchev–Trinajstić information content (AvgIpc) is 3.08. The molecule has 1 N–H and O–H groups in total. The lowest BCUT2D eigenvalue weighted by Gasteiger charge is -2.45. The van der Waals surface area contributed by atoms with Gasteiger partial charge in [0.15, 0.2) is 0 Å². The Morgan fingerprint density at radius 1 is 1.10 bits per heavy atom. The van der Waals surface area contributed by atoms with E-state index in [0.717, 1.165) is 6.42 Å². The summed E-state index contributed by atoms with van der Waals surface area (Å²) in [5, 5.41) is 11.0. The Kier molecular flexibility index (Phi) is 5.73. The Morgan fingerprint density at radius 3 is 2.41 bits per heavy atom. The van der Waals surface area contributed by atoms with E-state index in [1.54, 1.807) is 55.1 Å². The molecule has 156 valence electrons. The normalized spacial score (nSPS) is 23.1. The summed E-state index contributed by atoms with van der Waals surface area (Å²) in [7, 11) is -3.72. The van der Waals surface area contributed by atoms with Crippen LogP contribution in [0.1, 0.15) is 38.3 Å². The van der Waals surface area contributed by atoms with Crippen LogP contribution in [0.3, 0.4) is 0 Å². The maximum atomic E-state index is 13.0. The highest BCUT2D eigenvalue weighted by Crippen LogP contribution is 2.45. The van der Waals surface area contributed by atoms with Gasteiger partial charge in [0.2, 0.25) is 15.7 Å². The lowest BCUT2D eigenvalue weighted by Crippen LogP contribution is -2.53. The summed E-state index contributed by atoms with van der Waals surface area (Å²) in [5.74, 6) is 0.455. The number of rotatable bonds is 3. The minimum atomic E-state index is -3.72. The fraction of sp³-hybridized carbons (Fsp3) is 0.381. The number of carbonyl (C=O) groups is 1. The number of aliphatic hydroxyl groups excluding tert-OH is 1. The van der Waals surface area contributed by atoms with Crippen molar-refractivity contribution in [1.82, 2.24) is 4.90 Å². The largest absolute Gasteiger partial charge is 0.485 e. The molecular formula is C21H25NO5S2. The van der Waals surface area contributed by atoms with Gasteiger partial charge in [0, 0.05) is 18.5 Å². The molecule has 0 aromatic heterocycles. The zero-order valence-corrected chi connectivity index (χ0v) is 18.1. The number of ether oxygens (including phenoxy) is 1. The number of likely N-dealkylation sites (tertiary alicyclic amines) is 1. The second kappa shape index (κ2) is 7.66. The predicted octanol–water partition coefficient (Wildman–Crippen LogP) is 2.83. The van der Waals surface area contributed by atoms with E-state index in [-0.39, 0.29) is 29.2 Å². The minimum Gasteiger partial charge on any atom is -0.485 e. The zero-order valence-electron chi connectivity index (χ0n) is 16.3. The average molecular weight is 436 g/mol. The first kappa shape index (κ1) is 21.7. The third kappa shape index (κ3) is 3.65. The van der Waals surface area contributed by atoms with E-state index in [2.05, 4.69) is 0 Å². The van der Waals surface area contributed by atoms with E-state index in [9.17, 15) is 18.3 Å². The molecule has 0 aliphatic carbocycles. The predicted molar refractivity (Wildman–Crippen MR) is 113 cm³/mol. The molecule has 2 aliphatic rings. The monoisotopic (exact) mass is 435 g/mol. The number of hydrogen-bond acceptors (Lipinski definition) is 5. The molecule has 1 unspecified atom stereocenters. The molecule has 1 saturated heterocycles. The van der Waals surface area contributed by atoms with E-state index in [1.807, 2.05) is 0 Å². The quantitative estimate of drug-likeness (QED) is 0.802. The molecular weight excluding hydrogens is 410 g/mol. The lowest BCUT2D eigenvalue weighted by atomic mass is 9.85. The molecule has 6 nitrogen and oxygen atoms in total. The fourth-order valence-corrected chi connectivity index (χ4v) is 5.27. The smallest absolute Gasteiger partial charge is 0.223 e. The molecule has 2 heterocycles. The molecule has 1 fully saturated rings. The van der Waals surface area contributed by atoms with Crippen LogP contribution in [0.4, 0.5) is 0 Å². The summed E-state index contributed by atoms with van der Waals surface area (Å²) in [6, 6.07) is 12.2. The minimum absolute atomic E-state index is 0. The summed E-state index contributed by atoms with van der Waals surface area (Å²) in [6.07, 6.45) is 0.180. The van der Waals surface area contributed by atoms with Gasteiger partial charge >= 0.3 is 0 Å². The van der Waals surface area contributed by atoms with E-state index in [0.29, 0.717) is 24.3 Å². The summed E-state index contributed by atoms with van der Waals surface area (Å²) < 4.78 is 32.0. The highest BCUT2D eigenvalue weighted by molar-refractivity contribution is 7.91. The molecule has 1 amide bonds. The number of sulfone groups is 1. The van der Waals surface area contributed by atoms with Crippen LogP contribution < -0.4 is 4.74 Å². The van der Waals surface area contributed by atoms with Crippen LogP contribution in [0.25, 0.3) is 0 Å². The summed E-state index contributed by atoms with van der Waals surface area (Å²) in [4.78, 5) is 14.4. The Morgan fingerprint density at radius 2 is 1.79 bits per heavy atom. The first-order chi connectivity index (χ1) is 13.2. The molecule has 2 aromatic carbocycles. The lowest BCUT2D eigenvalue weighted by molar-refractivity contribution is -0.139. The maximum Gasteiger partial charge on any atom is 0.223 e. The van der Waals surface area contributed by atoms with Crippen LogP contribution in [0.2, 0.25) is 0 Å². The van der Waals surface area contributed by atoms with Crippen molar-refractivity contribution in [1.29, 1.82) is 0 Å². The van der Waals surface area contributed by atoms with Crippen molar-refractivity contribution in [2.24, 2.45) is 0 Å².